The number of amides is 1. The fourth-order valence-corrected chi connectivity index (χ4v) is 1.98. The molecule has 0 radical (unpaired) electrons. The number of nitrogens with zero attached hydrogens (tertiary/aromatic N) is 1. The van der Waals surface area contributed by atoms with E-state index in [0.717, 1.165) is 11.4 Å². The van der Waals surface area contributed by atoms with E-state index in [1.54, 1.807) is 7.05 Å². The lowest BCUT2D eigenvalue weighted by molar-refractivity contribution is -0.120. The van der Waals surface area contributed by atoms with Crippen LogP contribution >= 0.6 is 11.6 Å². The van der Waals surface area contributed by atoms with Crippen molar-refractivity contribution in [1.29, 1.82) is 0 Å². The number of hydrogen-bond acceptors (Lipinski definition) is 2. The van der Waals surface area contributed by atoms with Gasteiger partial charge in [-0.25, -0.2) is 0 Å². The number of rotatable bonds is 5. The van der Waals surface area contributed by atoms with Gasteiger partial charge in [0.15, 0.2) is 5.78 Å². The summed E-state index contributed by atoms with van der Waals surface area (Å²) in [4.78, 5) is 22.8. The Kier molecular flexibility index (Phi) is 4.75. The van der Waals surface area contributed by atoms with E-state index in [9.17, 15) is 9.59 Å². The first-order valence-electron chi connectivity index (χ1n) is 5.47. The summed E-state index contributed by atoms with van der Waals surface area (Å²) in [6, 6.07) is 1.82. The van der Waals surface area contributed by atoms with Crippen molar-refractivity contribution < 1.29 is 9.59 Å². The summed E-state index contributed by atoms with van der Waals surface area (Å²) in [7, 11) is 1.61. The Morgan fingerprint density at radius 2 is 2.06 bits per heavy atom. The van der Waals surface area contributed by atoms with Gasteiger partial charge < -0.3 is 9.88 Å². The van der Waals surface area contributed by atoms with Crippen LogP contribution in [0.25, 0.3) is 0 Å². The average Bonchev–Trinajstić information content (AvgIpc) is 2.61. The van der Waals surface area contributed by atoms with Crippen LogP contribution in [0.1, 0.15) is 28.2 Å². The van der Waals surface area contributed by atoms with Gasteiger partial charge in [0.1, 0.15) is 0 Å². The molecule has 1 aromatic rings. The molecule has 17 heavy (non-hydrogen) atoms. The molecule has 0 aliphatic rings. The molecule has 0 aromatic carbocycles. The van der Waals surface area contributed by atoms with Crippen molar-refractivity contribution in [2.75, 3.05) is 12.9 Å². The molecule has 0 fully saturated rings. The van der Waals surface area contributed by atoms with Gasteiger partial charge in [-0.3, -0.25) is 9.59 Å². The molecule has 0 unspecified atom stereocenters. The smallest absolute Gasteiger partial charge is 0.221 e. The number of carbonyl (C=O) groups excluding carboxylic acids is 2. The minimum absolute atomic E-state index is 0.0114. The number of alkyl halides is 1. The van der Waals surface area contributed by atoms with Gasteiger partial charge in [-0.05, 0) is 19.9 Å². The zero-order valence-corrected chi connectivity index (χ0v) is 11.1. The lowest BCUT2D eigenvalue weighted by atomic mass is 10.2. The maximum absolute atomic E-state index is 11.6. The maximum Gasteiger partial charge on any atom is 0.221 e. The van der Waals surface area contributed by atoms with E-state index in [2.05, 4.69) is 5.32 Å². The third-order valence-corrected chi connectivity index (χ3v) is 3.08. The molecule has 1 N–H and O–H groups in total. The molecule has 1 heterocycles. The molecule has 0 spiro atoms. The number of carbonyl (C=O) groups is 2. The fraction of sp³-hybridized carbons (Fsp3) is 0.500. The summed E-state index contributed by atoms with van der Waals surface area (Å²) in [6.45, 7) is 4.37. The molecule has 1 aromatic heterocycles. The minimum atomic E-state index is -0.0778. The SMILES string of the molecule is CNC(=O)CCn1c(C)cc(C(=O)CCl)c1C. The van der Waals surface area contributed by atoms with Gasteiger partial charge >= 0.3 is 0 Å². The summed E-state index contributed by atoms with van der Waals surface area (Å²) in [5.74, 6) is -0.103. The monoisotopic (exact) mass is 256 g/mol. The van der Waals surface area contributed by atoms with E-state index in [4.69, 9.17) is 11.6 Å². The van der Waals surface area contributed by atoms with E-state index >= 15 is 0 Å². The molecule has 0 bridgehead atoms. The van der Waals surface area contributed by atoms with Crippen LogP contribution in [0.3, 0.4) is 0 Å². The zero-order valence-electron chi connectivity index (χ0n) is 10.3. The third-order valence-electron chi connectivity index (χ3n) is 2.84. The molecular formula is C12H17ClN2O2. The first kappa shape index (κ1) is 13.8. The number of aryl methyl sites for hydroxylation is 1. The highest BCUT2D eigenvalue weighted by Crippen LogP contribution is 2.16. The van der Waals surface area contributed by atoms with Gasteiger partial charge in [0.05, 0.1) is 5.88 Å². The number of nitrogens with one attached hydrogen (secondary N) is 1. The Hall–Kier alpha value is -1.29. The van der Waals surface area contributed by atoms with E-state index in [0.29, 0.717) is 18.5 Å². The molecule has 94 valence electrons. The molecule has 1 rings (SSSR count). The van der Waals surface area contributed by atoms with E-state index in [-0.39, 0.29) is 17.6 Å². The van der Waals surface area contributed by atoms with E-state index in [1.807, 2.05) is 24.5 Å². The van der Waals surface area contributed by atoms with Crippen molar-refractivity contribution in [2.45, 2.75) is 26.8 Å². The molecule has 0 saturated heterocycles. The molecule has 5 heteroatoms. The van der Waals surface area contributed by atoms with Crippen LogP contribution in [0, 0.1) is 13.8 Å². The predicted molar refractivity (Wildman–Crippen MR) is 67.6 cm³/mol. The molecule has 1 amide bonds. The number of aromatic nitrogens is 1. The topological polar surface area (TPSA) is 51.1 Å². The van der Waals surface area contributed by atoms with Gasteiger partial charge in [-0.15, -0.1) is 11.6 Å². The summed E-state index contributed by atoms with van der Waals surface area (Å²) in [5.41, 5.74) is 2.49. The second-order valence-corrected chi connectivity index (χ2v) is 4.18. The summed E-state index contributed by atoms with van der Waals surface area (Å²) >= 11 is 5.55. The number of halogens is 1. The Morgan fingerprint density at radius 1 is 1.41 bits per heavy atom. The minimum Gasteiger partial charge on any atom is -0.359 e. The Morgan fingerprint density at radius 3 is 2.59 bits per heavy atom. The van der Waals surface area contributed by atoms with Crippen molar-refractivity contribution >= 4 is 23.3 Å². The summed E-state index contributed by atoms with van der Waals surface area (Å²) in [5, 5.41) is 2.57. The second kappa shape index (κ2) is 5.87. The van der Waals surface area contributed by atoms with Crippen molar-refractivity contribution in [2.24, 2.45) is 0 Å². The zero-order chi connectivity index (χ0) is 13.0. The molecular weight excluding hydrogens is 240 g/mol. The van der Waals surface area contributed by atoms with Gasteiger partial charge in [0, 0.05) is 37.0 Å². The summed E-state index contributed by atoms with van der Waals surface area (Å²) < 4.78 is 1.97. The quantitative estimate of drug-likeness (QED) is 0.644. The molecule has 0 aliphatic carbocycles. The fourth-order valence-electron chi connectivity index (χ4n) is 1.84. The van der Waals surface area contributed by atoms with Crippen LogP contribution in [0.4, 0.5) is 0 Å². The Labute approximate surface area is 106 Å². The average molecular weight is 257 g/mol. The van der Waals surface area contributed by atoms with E-state index in [1.165, 1.54) is 0 Å². The van der Waals surface area contributed by atoms with Gasteiger partial charge in [0.25, 0.3) is 0 Å². The predicted octanol–water partition coefficient (Wildman–Crippen LogP) is 1.66. The normalized spacial score (nSPS) is 10.4. The first-order chi connectivity index (χ1) is 8.01. The third kappa shape index (κ3) is 3.09. The van der Waals surface area contributed by atoms with Crippen LogP contribution in [-0.4, -0.2) is 29.2 Å². The molecule has 0 aliphatic heterocycles. The molecule has 4 nitrogen and oxygen atoms in total. The highest BCUT2D eigenvalue weighted by molar-refractivity contribution is 6.30. The van der Waals surface area contributed by atoms with Gasteiger partial charge in [-0.2, -0.15) is 0 Å². The van der Waals surface area contributed by atoms with Crippen LogP contribution in [0.15, 0.2) is 6.07 Å². The molecule has 0 saturated carbocycles. The maximum atomic E-state index is 11.6. The number of hydrogen-bond donors (Lipinski definition) is 1. The van der Waals surface area contributed by atoms with Crippen LogP contribution in [0.5, 0.6) is 0 Å². The lowest BCUT2D eigenvalue weighted by Gasteiger charge is -2.08. The first-order valence-corrected chi connectivity index (χ1v) is 6.01. The Bertz CT molecular complexity index is 438. The highest BCUT2D eigenvalue weighted by atomic mass is 35.5. The van der Waals surface area contributed by atoms with Crippen LogP contribution < -0.4 is 5.32 Å². The van der Waals surface area contributed by atoms with E-state index < -0.39 is 0 Å². The number of ketones is 1. The largest absolute Gasteiger partial charge is 0.359 e. The van der Waals surface area contributed by atoms with Crippen LogP contribution in [-0.2, 0) is 11.3 Å². The van der Waals surface area contributed by atoms with Gasteiger partial charge in [-0.1, -0.05) is 0 Å². The van der Waals surface area contributed by atoms with Crippen molar-refractivity contribution in [3.8, 4) is 0 Å². The van der Waals surface area contributed by atoms with Crippen molar-refractivity contribution in [3.63, 3.8) is 0 Å². The van der Waals surface area contributed by atoms with Gasteiger partial charge in [0.2, 0.25) is 5.91 Å². The second-order valence-electron chi connectivity index (χ2n) is 3.92. The van der Waals surface area contributed by atoms with Crippen LogP contribution in [0.2, 0.25) is 0 Å². The van der Waals surface area contributed by atoms with Crippen molar-refractivity contribution in [1.82, 2.24) is 9.88 Å². The number of Topliss-reactive ketones (excluding diaryl/α,β-unsaturated/α-hetero) is 1. The highest BCUT2D eigenvalue weighted by Gasteiger charge is 2.14. The standard InChI is InChI=1S/C12H17ClN2O2/c1-8-6-10(11(16)7-13)9(2)15(8)5-4-12(17)14-3/h6H,4-5,7H2,1-3H3,(H,14,17). The Balaban J connectivity index is 2.90. The van der Waals surface area contributed by atoms with Crippen molar-refractivity contribution in [3.05, 3.63) is 23.0 Å². The summed E-state index contributed by atoms with van der Waals surface area (Å²) in [6.07, 6.45) is 0.404. The lowest BCUT2D eigenvalue weighted by Crippen LogP contribution is -2.20. The molecule has 0 atom stereocenters.